The molecule has 0 saturated carbocycles. The van der Waals surface area contributed by atoms with Crippen molar-refractivity contribution in [3.05, 3.63) is 39.1 Å². The molecule has 2 N–H and O–H groups in total. The van der Waals surface area contributed by atoms with E-state index >= 15 is 0 Å². The summed E-state index contributed by atoms with van der Waals surface area (Å²) >= 11 is 1.48. The van der Waals surface area contributed by atoms with Crippen molar-refractivity contribution in [1.82, 2.24) is 19.9 Å². The molecule has 7 nitrogen and oxygen atoms in total. The number of hydrogen-bond donors (Lipinski definition) is 2. The highest BCUT2D eigenvalue weighted by Gasteiger charge is 2.20. The average Bonchev–Trinajstić information content (AvgIpc) is 3.09. The fraction of sp³-hybridized carbons (Fsp3) is 0.353. The number of ether oxygens (including phenoxy) is 1. The molecule has 132 valence electrons. The second-order valence-corrected chi connectivity index (χ2v) is 7.75. The molecule has 0 fully saturated rings. The first-order valence-corrected chi connectivity index (χ1v) is 8.70. The molecule has 0 spiro atoms. The summed E-state index contributed by atoms with van der Waals surface area (Å²) in [6.07, 6.45) is -0.379. The number of aromatic nitrogens is 3. The van der Waals surface area contributed by atoms with Gasteiger partial charge < -0.3 is 19.6 Å². The lowest BCUT2D eigenvalue weighted by Gasteiger charge is -2.24. The zero-order valence-electron chi connectivity index (χ0n) is 14.5. The Morgan fingerprint density at radius 3 is 2.72 bits per heavy atom. The Bertz CT molecular complexity index is 964. The Morgan fingerprint density at radius 1 is 1.28 bits per heavy atom. The number of hydrogen-bond acceptors (Lipinski definition) is 5. The zero-order chi connectivity index (χ0) is 18.2. The molecule has 8 heteroatoms. The summed E-state index contributed by atoms with van der Waals surface area (Å²) in [6.45, 7) is 5.88. The molecule has 3 rings (SSSR count). The van der Waals surface area contributed by atoms with Crippen LogP contribution in [-0.4, -0.2) is 38.6 Å². The first-order chi connectivity index (χ1) is 11.7. The van der Waals surface area contributed by atoms with Crippen LogP contribution in [0.5, 0.6) is 0 Å². The summed E-state index contributed by atoms with van der Waals surface area (Å²) in [4.78, 5) is 34.9. The molecule has 25 heavy (non-hydrogen) atoms. The molecule has 0 radical (unpaired) electrons. The van der Waals surface area contributed by atoms with E-state index in [2.05, 4.69) is 15.0 Å². The SMILES string of the molecule is CN(Cc1nc(-c2ccc3[nH]c(=O)[nH]c3c2)cs1)C(=O)OC(C)(C)C. The van der Waals surface area contributed by atoms with Crippen molar-refractivity contribution in [1.29, 1.82) is 0 Å². The van der Waals surface area contributed by atoms with Gasteiger partial charge in [0.05, 0.1) is 23.3 Å². The van der Waals surface area contributed by atoms with E-state index in [1.807, 2.05) is 44.4 Å². The third-order valence-electron chi connectivity index (χ3n) is 3.44. The minimum absolute atomic E-state index is 0.231. The molecule has 0 aliphatic rings. The maximum atomic E-state index is 12.0. The molecular weight excluding hydrogens is 340 g/mol. The lowest BCUT2D eigenvalue weighted by molar-refractivity contribution is 0.0285. The number of aromatic amines is 2. The van der Waals surface area contributed by atoms with E-state index in [0.717, 1.165) is 27.3 Å². The van der Waals surface area contributed by atoms with E-state index in [9.17, 15) is 9.59 Å². The van der Waals surface area contributed by atoms with Gasteiger partial charge in [0.25, 0.3) is 0 Å². The number of carbonyl (C=O) groups is 1. The number of rotatable bonds is 3. The van der Waals surface area contributed by atoms with Crippen LogP contribution in [0.15, 0.2) is 28.4 Å². The number of nitrogens with one attached hydrogen (secondary N) is 2. The highest BCUT2D eigenvalue weighted by Crippen LogP contribution is 2.25. The predicted molar refractivity (Wildman–Crippen MR) is 97.7 cm³/mol. The van der Waals surface area contributed by atoms with Crippen LogP contribution in [0.1, 0.15) is 25.8 Å². The molecule has 1 amide bonds. The fourth-order valence-corrected chi connectivity index (χ4v) is 3.17. The molecule has 0 aliphatic heterocycles. The lowest BCUT2D eigenvalue weighted by Crippen LogP contribution is -2.33. The van der Waals surface area contributed by atoms with Crippen LogP contribution in [0.2, 0.25) is 0 Å². The molecule has 2 aromatic heterocycles. The van der Waals surface area contributed by atoms with Crippen molar-refractivity contribution in [2.75, 3.05) is 7.05 Å². The van der Waals surface area contributed by atoms with Crippen LogP contribution in [0, 0.1) is 0 Å². The predicted octanol–water partition coefficient (Wildman–Crippen LogP) is 3.35. The molecule has 0 saturated heterocycles. The van der Waals surface area contributed by atoms with Gasteiger partial charge in [0, 0.05) is 18.0 Å². The van der Waals surface area contributed by atoms with Crippen LogP contribution >= 0.6 is 11.3 Å². The van der Waals surface area contributed by atoms with Crippen molar-refractivity contribution in [2.24, 2.45) is 0 Å². The summed E-state index contributed by atoms with van der Waals surface area (Å²) in [6, 6.07) is 5.63. The maximum Gasteiger partial charge on any atom is 0.410 e. The average molecular weight is 360 g/mol. The molecule has 0 atom stereocenters. The van der Waals surface area contributed by atoms with E-state index in [1.165, 1.54) is 16.2 Å². The van der Waals surface area contributed by atoms with Gasteiger partial charge in [-0.25, -0.2) is 14.6 Å². The summed E-state index contributed by atoms with van der Waals surface area (Å²) in [7, 11) is 1.69. The summed E-state index contributed by atoms with van der Waals surface area (Å²) in [5, 5.41) is 2.75. The zero-order valence-corrected chi connectivity index (χ0v) is 15.4. The molecular formula is C17H20N4O3S. The van der Waals surface area contributed by atoms with Gasteiger partial charge in [0.2, 0.25) is 0 Å². The standard InChI is InChI=1S/C17H20N4O3S/c1-17(2,3)24-16(23)21(4)8-14-18-13(9-25-14)10-5-6-11-12(7-10)20-15(22)19-11/h5-7,9H,8H2,1-4H3,(H2,19,20,22). The molecule has 0 bridgehead atoms. The second kappa shape index (κ2) is 6.36. The smallest absolute Gasteiger partial charge is 0.410 e. The highest BCUT2D eigenvalue weighted by atomic mass is 32.1. The molecule has 2 heterocycles. The number of carbonyl (C=O) groups excluding carboxylic acids is 1. The van der Waals surface area contributed by atoms with Crippen molar-refractivity contribution in [3.63, 3.8) is 0 Å². The van der Waals surface area contributed by atoms with Crippen molar-refractivity contribution in [3.8, 4) is 11.3 Å². The Morgan fingerprint density at radius 2 is 2.00 bits per heavy atom. The van der Waals surface area contributed by atoms with Crippen LogP contribution in [0.4, 0.5) is 4.79 Å². The van der Waals surface area contributed by atoms with Crippen molar-refractivity contribution in [2.45, 2.75) is 32.9 Å². The first kappa shape index (κ1) is 17.2. The fourth-order valence-electron chi connectivity index (χ4n) is 2.32. The monoisotopic (exact) mass is 360 g/mol. The number of fused-ring (bicyclic) bond motifs is 1. The number of nitrogens with zero attached hydrogens (tertiary/aromatic N) is 2. The lowest BCUT2D eigenvalue weighted by atomic mass is 10.1. The Kier molecular flexibility index (Phi) is 4.38. The third kappa shape index (κ3) is 4.08. The Balaban J connectivity index is 1.75. The minimum Gasteiger partial charge on any atom is -0.444 e. The summed E-state index contributed by atoms with van der Waals surface area (Å²) < 4.78 is 5.34. The van der Waals surface area contributed by atoms with Gasteiger partial charge in [-0.2, -0.15) is 0 Å². The van der Waals surface area contributed by atoms with Crippen LogP contribution in [0.25, 0.3) is 22.3 Å². The number of benzene rings is 1. The topological polar surface area (TPSA) is 91.1 Å². The minimum atomic E-state index is -0.526. The van der Waals surface area contributed by atoms with E-state index in [4.69, 9.17) is 4.74 Å². The summed E-state index contributed by atoms with van der Waals surface area (Å²) in [5.74, 6) is 0. The first-order valence-electron chi connectivity index (χ1n) is 7.82. The molecule has 3 aromatic rings. The highest BCUT2D eigenvalue weighted by molar-refractivity contribution is 7.09. The van der Waals surface area contributed by atoms with E-state index in [-0.39, 0.29) is 11.8 Å². The van der Waals surface area contributed by atoms with E-state index in [1.54, 1.807) is 7.05 Å². The number of thiazole rings is 1. The molecule has 0 aliphatic carbocycles. The third-order valence-corrected chi connectivity index (χ3v) is 4.27. The Labute approximate surface area is 148 Å². The van der Waals surface area contributed by atoms with E-state index < -0.39 is 5.60 Å². The quantitative estimate of drug-likeness (QED) is 0.749. The normalized spacial score (nSPS) is 11.7. The van der Waals surface area contributed by atoms with Gasteiger partial charge >= 0.3 is 11.8 Å². The van der Waals surface area contributed by atoms with Gasteiger partial charge in [-0.3, -0.25) is 0 Å². The van der Waals surface area contributed by atoms with Gasteiger partial charge in [-0.15, -0.1) is 11.3 Å². The largest absolute Gasteiger partial charge is 0.444 e. The number of amides is 1. The molecule has 0 unspecified atom stereocenters. The summed E-state index contributed by atoms with van der Waals surface area (Å²) in [5.41, 5.74) is 2.45. The number of imidazole rings is 1. The van der Waals surface area contributed by atoms with Crippen LogP contribution in [0.3, 0.4) is 0 Å². The van der Waals surface area contributed by atoms with Crippen molar-refractivity contribution < 1.29 is 9.53 Å². The van der Waals surface area contributed by atoms with Gasteiger partial charge in [0.15, 0.2) is 0 Å². The van der Waals surface area contributed by atoms with Crippen LogP contribution < -0.4 is 5.69 Å². The second-order valence-electron chi connectivity index (χ2n) is 6.80. The van der Waals surface area contributed by atoms with Gasteiger partial charge in [-0.05, 0) is 32.9 Å². The maximum absolute atomic E-state index is 12.0. The van der Waals surface area contributed by atoms with E-state index in [0.29, 0.717) is 6.54 Å². The van der Waals surface area contributed by atoms with Crippen molar-refractivity contribution >= 4 is 28.5 Å². The van der Waals surface area contributed by atoms with Gasteiger partial charge in [-0.1, -0.05) is 6.07 Å². The van der Waals surface area contributed by atoms with Gasteiger partial charge in [0.1, 0.15) is 10.6 Å². The Hall–Kier alpha value is -2.61. The number of H-pyrrole nitrogens is 2. The van der Waals surface area contributed by atoms with Crippen LogP contribution in [-0.2, 0) is 11.3 Å². The molecule has 1 aromatic carbocycles.